The number of anilines is 1. The average Bonchev–Trinajstić information content (AvgIpc) is 2.92. The molecule has 2 heterocycles. The fourth-order valence-corrected chi connectivity index (χ4v) is 3.04. The van der Waals surface area contributed by atoms with Crippen molar-refractivity contribution in [2.45, 2.75) is 37.1 Å². The van der Waals surface area contributed by atoms with Gasteiger partial charge in [0.15, 0.2) is 5.79 Å². The molecule has 0 amide bonds. The van der Waals surface area contributed by atoms with Gasteiger partial charge >= 0.3 is 0 Å². The average molecular weight is 278 g/mol. The topological polar surface area (TPSA) is 54.8 Å². The van der Waals surface area contributed by atoms with Gasteiger partial charge in [-0.3, -0.25) is 0 Å². The molecule has 0 bridgehead atoms. The van der Waals surface area contributed by atoms with Gasteiger partial charge in [0.2, 0.25) is 0 Å². The van der Waals surface area contributed by atoms with E-state index in [1.165, 1.54) is 0 Å². The Labute approximate surface area is 119 Å². The Morgan fingerprint density at radius 2 is 1.75 bits per heavy atom. The molecule has 2 aliphatic rings. The molecule has 0 atom stereocenters. The van der Waals surface area contributed by atoms with Crippen molar-refractivity contribution in [1.82, 2.24) is 4.98 Å². The lowest BCUT2D eigenvalue weighted by Gasteiger charge is -2.40. The Kier molecular flexibility index (Phi) is 3.44. The molecule has 1 spiro atoms. The highest BCUT2D eigenvalue weighted by Crippen LogP contribution is 2.44. The van der Waals surface area contributed by atoms with Crippen LogP contribution in [0.15, 0.2) is 18.3 Å². The van der Waals surface area contributed by atoms with Crippen LogP contribution >= 0.6 is 0 Å². The second-order valence-corrected chi connectivity index (χ2v) is 5.94. The molecule has 3 rings (SSSR count). The van der Waals surface area contributed by atoms with Gasteiger partial charge in [-0.1, -0.05) is 6.07 Å². The second-order valence-electron chi connectivity index (χ2n) is 5.94. The van der Waals surface area contributed by atoms with Gasteiger partial charge in [-0.2, -0.15) is 0 Å². The summed E-state index contributed by atoms with van der Waals surface area (Å²) in [6.45, 7) is 1.33. The summed E-state index contributed by atoms with van der Waals surface area (Å²) in [5.41, 5.74) is 0.0780. The molecule has 20 heavy (non-hydrogen) atoms. The first-order chi connectivity index (χ1) is 9.53. The van der Waals surface area contributed by atoms with Crippen molar-refractivity contribution < 1.29 is 14.6 Å². The standard InChI is InChI=1S/C15H22N2O3/c1-17(2)13-4-3-12(11-16-13)14(18)5-7-15(8-6-14)19-9-10-20-15/h3-4,11,18H,5-10H2,1-2H3. The molecule has 1 saturated heterocycles. The Morgan fingerprint density at radius 1 is 1.10 bits per heavy atom. The highest BCUT2D eigenvalue weighted by atomic mass is 16.7. The third-order valence-electron chi connectivity index (χ3n) is 4.40. The maximum Gasteiger partial charge on any atom is 0.168 e. The fourth-order valence-electron chi connectivity index (χ4n) is 3.04. The number of hydrogen-bond acceptors (Lipinski definition) is 5. The monoisotopic (exact) mass is 278 g/mol. The van der Waals surface area contributed by atoms with Crippen LogP contribution in [0.25, 0.3) is 0 Å². The lowest BCUT2D eigenvalue weighted by atomic mass is 9.77. The summed E-state index contributed by atoms with van der Waals surface area (Å²) in [5.74, 6) is 0.454. The van der Waals surface area contributed by atoms with Gasteiger partial charge in [0, 0.05) is 38.7 Å². The zero-order valence-corrected chi connectivity index (χ0v) is 12.1. The third-order valence-corrected chi connectivity index (χ3v) is 4.40. The number of nitrogens with zero attached hydrogens (tertiary/aromatic N) is 2. The molecule has 0 radical (unpaired) electrons. The van der Waals surface area contributed by atoms with E-state index in [9.17, 15) is 5.11 Å². The van der Waals surface area contributed by atoms with Crippen molar-refractivity contribution in [3.63, 3.8) is 0 Å². The third kappa shape index (κ3) is 2.41. The number of rotatable bonds is 2. The number of aromatic nitrogens is 1. The molecule has 5 nitrogen and oxygen atoms in total. The van der Waals surface area contributed by atoms with E-state index in [2.05, 4.69) is 4.98 Å². The Hall–Kier alpha value is -1.17. The molecular weight excluding hydrogens is 256 g/mol. The zero-order chi connectivity index (χ0) is 14.2. The van der Waals surface area contributed by atoms with E-state index in [0.29, 0.717) is 26.1 Å². The lowest BCUT2D eigenvalue weighted by molar-refractivity contribution is -0.204. The maximum absolute atomic E-state index is 10.9. The molecule has 1 aliphatic carbocycles. The first-order valence-corrected chi connectivity index (χ1v) is 7.17. The van der Waals surface area contributed by atoms with Crippen LogP contribution in [0.3, 0.4) is 0 Å². The number of hydrogen-bond donors (Lipinski definition) is 1. The van der Waals surface area contributed by atoms with Crippen LogP contribution in [0.2, 0.25) is 0 Å². The van der Waals surface area contributed by atoms with Crippen LogP contribution in [-0.4, -0.2) is 43.2 Å². The quantitative estimate of drug-likeness (QED) is 0.891. The van der Waals surface area contributed by atoms with Crippen LogP contribution in [0.5, 0.6) is 0 Å². The SMILES string of the molecule is CN(C)c1ccc(C2(O)CCC3(CC2)OCCO3)cn1. The molecular formula is C15H22N2O3. The van der Waals surface area contributed by atoms with Crippen LogP contribution in [0.1, 0.15) is 31.2 Å². The van der Waals surface area contributed by atoms with Crippen molar-refractivity contribution in [3.05, 3.63) is 23.9 Å². The van der Waals surface area contributed by atoms with E-state index in [0.717, 1.165) is 24.2 Å². The molecule has 0 unspecified atom stereocenters. The van der Waals surface area contributed by atoms with Gasteiger partial charge in [-0.25, -0.2) is 4.98 Å². The van der Waals surface area contributed by atoms with Crippen molar-refractivity contribution in [2.24, 2.45) is 0 Å². The highest BCUT2D eigenvalue weighted by molar-refractivity contribution is 5.38. The fraction of sp³-hybridized carbons (Fsp3) is 0.667. The van der Waals surface area contributed by atoms with E-state index in [1.807, 2.05) is 31.1 Å². The van der Waals surface area contributed by atoms with Gasteiger partial charge in [0.05, 0.1) is 18.8 Å². The van der Waals surface area contributed by atoms with Crippen molar-refractivity contribution in [3.8, 4) is 0 Å². The highest BCUT2D eigenvalue weighted by Gasteiger charge is 2.46. The van der Waals surface area contributed by atoms with Crippen LogP contribution in [-0.2, 0) is 15.1 Å². The molecule has 2 fully saturated rings. The first kappa shape index (κ1) is 13.8. The van der Waals surface area contributed by atoms with Crippen molar-refractivity contribution >= 4 is 5.82 Å². The predicted octanol–water partition coefficient (Wildman–Crippen LogP) is 1.65. The minimum Gasteiger partial charge on any atom is -0.385 e. The van der Waals surface area contributed by atoms with Crippen LogP contribution in [0, 0.1) is 0 Å². The van der Waals surface area contributed by atoms with Gasteiger partial charge in [-0.15, -0.1) is 0 Å². The van der Waals surface area contributed by atoms with Gasteiger partial charge in [0.25, 0.3) is 0 Å². The summed E-state index contributed by atoms with van der Waals surface area (Å²) in [5, 5.41) is 10.9. The zero-order valence-electron chi connectivity index (χ0n) is 12.1. The van der Waals surface area contributed by atoms with E-state index in [4.69, 9.17) is 9.47 Å². The van der Waals surface area contributed by atoms with E-state index < -0.39 is 11.4 Å². The van der Waals surface area contributed by atoms with Gasteiger partial charge < -0.3 is 19.5 Å². The van der Waals surface area contributed by atoms with Crippen LogP contribution < -0.4 is 4.90 Å². The largest absolute Gasteiger partial charge is 0.385 e. The predicted molar refractivity (Wildman–Crippen MR) is 75.6 cm³/mol. The first-order valence-electron chi connectivity index (χ1n) is 7.17. The summed E-state index contributed by atoms with van der Waals surface area (Å²) >= 11 is 0. The van der Waals surface area contributed by atoms with E-state index in [-0.39, 0.29) is 0 Å². The maximum atomic E-state index is 10.9. The number of ether oxygens (including phenoxy) is 2. The molecule has 1 aromatic heterocycles. The minimum atomic E-state index is -0.807. The lowest BCUT2D eigenvalue weighted by Crippen LogP contribution is -2.42. The molecule has 110 valence electrons. The van der Waals surface area contributed by atoms with Crippen LogP contribution in [0.4, 0.5) is 5.82 Å². The van der Waals surface area contributed by atoms with E-state index in [1.54, 1.807) is 6.20 Å². The normalized spacial score (nSPS) is 23.9. The van der Waals surface area contributed by atoms with Gasteiger partial charge in [0.1, 0.15) is 5.82 Å². The Bertz CT molecular complexity index is 457. The molecule has 0 aromatic carbocycles. The molecule has 1 N–H and O–H groups in total. The molecule has 1 aliphatic heterocycles. The second kappa shape index (κ2) is 4.98. The minimum absolute atomic E-state index is 0.441. The smallest absolute Gasteiger partial charge is 0.168 e. The van der Waals surface area contributed by atoms with Crippen molar-refractivity contribution in [1.29, 1.82) is 0 Å². The summed E-state index contributed by atoms with van der Waals surface area (Å²) in [4.78, 5) is 6.34. The van der Waals surface area contributed by atoms with E-state index >= 15 is 0 Å². The summed E-state index contributed by atoms with van der Waals surface area (Å²) in [6, 6.07) is 3.91. The summed E-state index contributed by atoms with van der Waals surface area (Å²) < 4.78 is 11.4. The molecule has 1 saturated carbocycles. The Morgan fingerprint density at radius 3 is 2.25 bits per heavy atom. The Balaban J connectivity index is 1.73. The van der Waals surface area contributed by atoms with Gasteiger partial charge in [-0.05, 0) is 18.9 Å². The molecule has 1 aromatic rings. The summed E-state index contributed by atoms with van der Waals surface area (Å²) in [6.07, 6.45) is 4.55. The number of pyridine rings is 1. The number of aliphatic hydroxyl groups is 1. The summed E-state index contributed by atoms with van der Waals surface area (Å²) in [7, 11) is 3.91. The molecule has 5 heteroatoms. The van der Waals surface area contributed by atoms with Crippen molar-refractivity contribution in [2.75, 3.05) is 32.2 Å².